The van der Waals surface area contributed by atoms with Gasteiger partial charge in [0, 0.05) is 40.2 Å². The second kappa shape index (κ2) is 9.80. The van der Waals surface area contributed by atoms with E-state index in [1.54, 1.807) is 13.0 Å². The number of aromatic nitrogens is 1. The standard InChI is InChI=1S/C24H21BrClN3O4/c1-2-29-23(31)18(22(30)27-24(29)32)12-15-14-28(20-9-8-16(25)13-17(15)20)10-5-11-33-21-7-4-3-6-19(21)26/h3-4,6-9,12-14H,2,5,10-11H2,1H3,(H,27,30,32)/b18-12+. The molecule has 9 heteroatoms. The number of para-hydroxylation sites is 1. The van der Waals surface area contributed by atoms with Crippen LogP contribution >= 0.6 is 27.5 Å². The Labute approximate surface area is 204 Å². The van der Waals surface area contributed by atoms with Crippen molar-refractivity contribution in [3.8, 4) is 5.75 Å². The molecule has 0 bridgehead atoms. The van der Waals surface area contributed by atoms with E-state index in [1.165, 1.54) is 6.08 Å². The van der Waals surface area contributed by atoms with Crippen LogP contribution in [0.1, 0.15) is 18.9 Å². The van der Waals surface area contributed by atoms with Gasteiger partial charge in [-0.15, -0.1) is 0 Å². The number of barbiturate groups is 1. The topological polar surface area (TPSA) is 80.6 Å². The van der Waals surface area contributed by atoms with E-state index < -0.39 is 17.8 Å². The average Bonchev–Trinajstić information content (AvgIpc) is 3.12. The smallest absolute Gasteiger partial charge is 0.331 e. The van der Waals surface area contributed by atoms with E-state index >= 15 is 0 Å². The van der Waals surface area contributed by atoms with Gasteiger partial charge in [-0.25, -0.2) is 4.79 Å². The zero-order chi connectivity index (χ0) is 23.5. The first-order valence-electron chi connectivity index (χ1n) is 10.4. The third-order valence-electron chi connectivity index (χ3n) is 5.31. The molecule has 0 radical (unpaired) electrons. The molecule has 0 atom stereocenters. The number of likely N-dealkylation sites (N-methyl/N-ethyl adjacent to an activating group) is 1. The number of rotatable bonds is 7. The summed E-state index contributed by atoms with van der Waals surface area (Å²) in [6.07, 6.45) is 4.16. The van der Waals surface area contributed by atoms with E-state index in [2.05, 4.69) is 25.8 Å². The molecule has 0 unspecified atom stereocenters. The van der Waals surface area contributed by atoms with E-state index in [4.69, 9.17) is 16.3 Å². The highest BCUT2D eigenvalue weighted by Crippen LogP contribution is 2.28. The van der Waals surface area contributed by atoms with Crippen LogP contribution in [0.5, 0.6) is 5.75 Å². The fourth-order valence-corrected chi connectivity index (χ4v) is 4.26. The van der Waals surface area contributed by atoms with Crippen LogP contribution in [0.25, 0.3) is 17.0 Å². The van der Waals surface area contributed by atoms with Crippen molar-refractivity contribution in [1.82, 2.24) is 14.8 Å². The zero-order valence-electron chi connectivity index (χ0n) is 17.8. The SMILES string of the molecule is CCN1C(=O)NC(=O)/C(=C\c2cn(CCCOc3ccccc3Cl)c3ccc(Br)cc23)C1=O. The number of ether oxygens (including phenoxy) is 1. The van der Waals surface area contributed by atoms with E-state index in [0.717, 1.165) is 26.7 Å². The summed E-state index contributed by atoms with van der Waals surface area (Å²) in [6, 6.07) is 12.5. The van der Waals surface area contributed by atoms with Crippen LogP contribution in [-0.4, -0.2) is 40.5 Å². The van der Waals surface area contributed by atoms with Crippen molar-refractivity contribution in [3.05, 3.63) is 69.3 Å². The normalized spacial score (nSPS) is 15.4. The van der Waals surface area contributed by atoms with Crippen LogP contribution in [0.4, 0.5) is 4.79 Å². The first-order chi connectivity index (χ1) is 15.9. The molecular formula is C24H21BrClN3O4. The minimum atomic E-state index is -0.701. The molecule has 0 aliphatic carbocycles. The van der Waals surface area contributed by atoms with Gasteiger partial charge in [0.05, 0.1) is 11.6 Å². The number of nitrogens with zero attached hydrogens (tertiary/aromatic N) is 2. The lowest BCUT2D eigenvalue weighted by atomic mass is 10.1. The molecule has 7 nitrogen and oxygen atoms in total. The summed E-state index contributed by atoms with van der Waals surface area (Å²) in [5.74, 6) is -0.656. The summed E-state index contributed by atoms with van der Waals surface area (Å²) >= 11 is 9.62. The summed E-state index contributed by atoms with van der Waals surface area (Å²) in [7, 11) is 0. The number of hydrogen-bond acceptors (Lipinski definition) is 4. The van der Waals surface area contributed by atoms with Crippen LogP contribution in [-0.2, 0) is 16.1 Å². The molecule has 1 aromatic heterocycles. The second-order valence-electron chi connectivity index (χ2n) is 7.44. The van der Waals surface area contributed by atoms with Crippen molar-refractivity contribution in [3.63, 3.8) is 0 Å². The van der Waals surface area contributed by atoms with Crippen LogP contribution in [0.3, 0.4) is 0 Å². The van der Waals surface area contributed by atoms with Gasteiger partial charge in [-0.05, 0) is 49.8 Å². The summed E-state index contributed by atoms with van der Waals surface area (Å²) < 4.78 is 8.71. The number of halogens is 2. The van der Waals surface area contributed by atoms with E-state index in [1.807, 2.05) is 42.6 Å². The molecule has 0 spiro atoms. The second-order valence-corrected chi connectivity index (χ2v) is 8.76. The third kappa shape index (κ3) is 4.82. The molecule has 33 heavy (non-hydrogen) atoms. The third-order valence-corrected chi connectivity index (χ3v) is 6.12. The number of carbonyl (C=O) groups excluding carboxylic acids is 3. The Kier molecular flexibility index (Phi) is 6.85. The molecule has 1 fully saturated rings. The van der Waals surface area contributed by atoms with Crippen molar-refractivity contribution < 1.29 is 19.1 Å². The molecular weight excluding hydrogens is 510 g/mol. The lowest BCUT2D eigenvalue weighted by Crippen LogP contribution is -2.53. The Bertz CT molecular complexity index is 1280. The van der Waals surface area contributed by atoms with Gasteiger partial charge in [-0.2, -0.15) is 0 Å². The number of imide groups is 2. The van der Waals surface area contributed by atoms with Gasteiger partial charge in [0.1, 0.15) is 11.3 Å². The van der Waals surface area contributed by atoms with Crippen molar-refractivity contribution in [2.24, 2.45) is 0 Å². The Hall–Kier alpha value is -3.10. The Morgan fingerprint density at radius 1 is 1.15 bits per heavy atom. The number of aryl methyl sites for hydroxylation is 1. The molecule has 2 aromatic carbocycles. The van der Waals surface area contributed by atoms with E-state index in [9.17, 15) is 14.4 Å². The monoisotopic (exact) mass is 529 g/mol. The van der Waals surface area contributed by atoms with Crippen molar-refractivity contribution >= 4 is 62.4 Å². The molecule has 170 valence electrons. The predicted octanol–water partition coefficient (Wildman–Crippen LogP) is 5.01. The molecule has 4 rings (SSSR count). The fraction of sp³-hybridized carbons (Fsp3) is 0.208. The lowest BCUT2D eigenvalue weighted by molar-refractivity contribution is -0.129. The van der Waals surface area contributed by atoms with Crippen molar-refractivity contribution in [2.75, 3.05) is 13.2 Å². The number of nitrogens with one attached hydrogen (secondary N) is 1. The molecule has 1 aliphatic heterocycles. The van der Waals surface area contributed by atoms with Crippen LogP contribution in [0.15, 0.2) is 58.7 Å². The highest BCUT2D eigenvalue weighted by Gasteiger charge is 2.34. The molecule has 4 amide bonds. The van der Waals surface area contributed by atoms with Crippen LogP contribution < -0.4 is 10.1 Å². The first-order valence-corrected chi connectivity index (χ1v) is 11.6. The summed E-state index contributed by atoms with van der Waals surface area (Å²) in [5.41, 5.74) is 1.59. The van der Waals surface area contributed by atoms with Gasteiger partial charge in [0.2, 0.25) is 0 Å². The van der Waals surface area contributed by atoms with Gasteiger partial charge in [-0.3, -0.25) is 19.8 Å². The van der Waals surface area contributed by atoms with Gasteiger partial charge < -0.3 is 9.30 Å². The summed E-state index contributed by atoms with van der Waals surface area (Å²) in [5, 5.41) is 3.67. The largest absolute Gasteiger partial charge is 0.492 e. The number of fused-ring (bicyclic) bond motifs is 1. The molecule has 0 saturated carbocycles. The Morgan fingerprint density at radius 2 is 1.94 bits per heavy atom. The highest BCUT2D eigenvalue weighted by atomic mass is 79.9. The molecule has 1 saturated heterocycles. The maximum absolute atomic E-state index is 12.7. The number of amides is 4. The van der Waals surface area contributed by atoms with E-state index in [-0.39, 0.29) is 12.1 Å². The number of hydrogen-bond donors (Lipinski definition) is 1. The van der Waals surface area contributed by atoms with Crippen LogP contribution in [0, 0.1) is 0 Å². The van der Waals surface area contributed by atoms with E-state index in [0.29, 0.717) is 29.5 Å². The van der Waals surface area contributed by atoms with Crippen molar-refractivity contribution in [2.45, 2.75) is 19.9 Å². The maximum atomic E-state index is 12.7. The van der Waals surface area contributed by atoms with Gasteiger partial charge in [0.15, 0.2) is 0 Å². The summed E-state index contributed by atoms with van der Waals surface area (Å²) in [6.45, 7) is 2.99. The van der Waals surface area contributed by atoms with Gasteiger partial charge in [0.25, 0.3) is 11.8 Å². The predicted molar refractivity (Wildman–Crippen MR) is 130 cm³/mol. The highest BCUT2D eigenvalue weighted by molar-refractivity contribution is 9.10. The number of benzene rings is 2. The number of carbonyl (C=O) groups is 3. The Balaban J connectivity index is 1.59. The zero-order valence-corrected chi connectivity index (χ0v) is 20.1. The van der Waals surface area contributed by atoms with Gasteiger partial charge >= 0.3 is 6.03 Å². The fourth-order valence-electron chi connectivity index (χ4n) is 3.71. The maximum Gasteiger partial charge on any atom is 0.331 e. The first kappa shape index (κ1) is 23.1. The molecule has 3 aromatic rings. The van der Waals surface area contributed by atoms with Gasteiger partial charge in [-0.1, -0.05) is 39.7 Å². The quantitative estimate of drug-likeness (QED) is 0.265. The molecule has 1 N–H and O–H groups in total. The molecule has 2 heterocycles. The average molecular weight is 531 g/mol. The number of urea groups is 1. The minimum Gasteiger partial charge on any atom is -0.492 e. The minimum absolute atomic E-state index is 0.0717. The lowest BCUT2D eigenvalue weighted by Gasteiger charge is -2.24. The van der Waals surface area contributed by atoms with Crippen molar-refractivity contribution in [1.29, 1.82) is 0 Å². The van der Waals surface area contributed by atoms with Crippen LogP contribution in [0.2, 0.25) is 5.02 Å². The molecule has 1 aliphatic rings. The summed E-state index contributed by atoms with van der Waals surface area (Å²) in [4.78, 5) is 38.0. The Morgan fingerprint density at radius 3 is 2.70 bits per heavy atom.